The Morgan fingerprint density at radius 1 is 1.47 bits per heavy atom. The first-order chi connectivity index (χ1) is 7.96. The van der Waals surface area contributed by atoms with E-state index in [4.69, 9.17) is 15.2 Å². The molecule has 0 aromatic carbocycles. The van der Waals surface area contributed by atoms with Crippen molar-refractivity contribution < 1.29 is 9.47 Å². The van der Waals surface area contributed by atoms with Gasteiger partial charge in [-0.05, 0) is 27.2 Å². The minimum atomic E-state index is -0.0520. The molecule has 0 aromatic heterocycles. The molecule has 4 nitrogen and oxygen atoms in total. The van der Waals surface area contributed by atoms with Gasteiger partial charge in [0.15, 0.2) is 0 Å². The van der Waals surface area contributed by atoms with Gasteiger partial charge in [0.2, 0.25) is 0 Å². The second-order valence-corrected chi connectivity index (χ2v) is 6.17. The molecule has 0 aromatic rings. The largest absolute Gasteiger partial charge is 0.381 e. The summed E-state index contributed by atoms with van der Waals surface area (Å²) in [6.07, 6.45) is 1.41. The molecule has 2 heterocycles. The summed E-state index contributed by atoms with van der Waals surface area (Å²) in [7, 11) is 0. The van der Waals surface area contributed by atoms with Crippen molar-refractivity contribution in [3.63, 3.8) is 0 Å². The third-order valence-electron chi connectivity index (χ3n) is 3.68. The molecule has 0 bridgehead atoms. The third-order valence-corrected chi connectivity index (χ3v) is 3.68. The summed E-state index contributed by atoms with van der Waals surface area (Å²) in [6, 6.07) is 0.235. The molecular weight excluding hydrogens is 216 g/mol. The highest BCUT2D eigenvalue weighted by Crippen LogP contribution is 2.22. The van der Waals surface area contributed by atoms with E-state index < -0.39 is 0 Å². The Hall–Kier alpha value is -0.160. The van der Waals surface area contributed by atoms with E-state index in [0.717, 1.165) is 39.3 Å². The number of morpholine rings is 1. The van der Waals surface area contributed by atoms with Crippen molar-refractivity contribution in [2.24, 2.45) is 11.7 Å². The summed E-state index contributed by atoms with van der Waals surface area (Å²) >= 11 is 0. The predicted octanol–water partition coefficient (Wildman–Crippen LogP) is 0.850. The van der Waals surface area contributed by atoms with Gasteiger partial charge in [0, 0.05) is 38.2 Å². The number of rotatable bonds is 3. The Bertz CT molecular complexity index is 252. The maximum Gasteiger partial charge on any atom is 0.0757 e. The van der Waals surface area contributed by atoms with Gasteiger partial charge in [0.1, 0.15) is 0 Å². The smallest absolute Gasteiger partial charge is 0.0757 e. The van der Waals surface area contributed by atoms with Crippen LogP contribution in [0.1, 0.15) is 27.2 Å². The minimum absolute atomic E-state index is 0.0520. The zero-order valence-electron chi connectivity index (χ0n) is 11.3. The average Bonchev–Trinajstić information content (AvgIpc) is 2.65. The van der Waals surface area contributed by atoms with Crippen molar-refractivity contribution in [1.29, 1.82) is 0 Å². The fourth-order valence-corrected chi connectivity index (χ4v) is 3.06. The van der Waals surface area contributed by atoms with Crippen LogP contribution in [-0.4, -0.2) is 55.5 Å². The van der Waals surface area contributed by atoms with Gasteiger partial charge < -0.3 is 15.2 Å². The molecule has 0 amide bonds. The molecule has 0 aliphatic carbocycles. The van der Waals surface area contributed by atoms with Crippen LogP contribution < -0.4 is 5.73 Å². The lowest BCUT2D eigenvalue weighted by Gasteiger charge is -2.43. The molecule has 2 aliphatic rings. The monoisotopic (exact) mass is 242 g/mol. The van der Waals surface area contributed by atoms with E-state index in [1.165, 1.54) is 0 Å². The molecule has 2 aliphatic heterocycles. The summed E-state index contributed by atoms with van der Waals surface area (Å²) < 4.78 is 11.3. The summed E-state index contributed by atoms with van der Waals surface area (Å²) in [6.45, 7) is 11.1. The molecule has 0 spiro atoms. The first-order valence-electron chi connectivity index (χ1n) is 6.70. The van der Waals surface area contributed by atoms with Crippen LogP contribution in [0.5, 0.6) is 0 Å². The van der Waals surface area contributed by atoms with E-state index >= 15 is 0 Å². The maximum absolute atomic E-state index is 6.28. The number of nitrogens with two attached hydrogens (primary N) is 1. The molecule has 0 saturated carbocycles. The van der Waals surface area contributed by atoms with Crippen molar-refractivity contribution in [3.8, 4) is 0 Å². The number of hydrogen-bond acceptors (Lipinski definition) is 4. The molecule has 2 rings (SSSR count). The fourth-order valence-electron chi connectivity index (χ4n) is 3.06. The minimum Gasteiger partial charge on any atom is -0.381 e. The van der Waals surface area contributed by atoms with Crippen molar-refractivity contribution in [3.05, 3.63) is 0 Å². The third kappa shape index (κ3) is 3.65. The average molecular weight is 242 g/mol. The lowest BCUT2D eigenvalue weighted by Crippen LogP contribution is -2.55. The Morgan fingerprint density at radius 3 is 2.82 bits per heavy atom. The Kier molecular flexibility index (Phi) is 4.08. The highest BCUT2D eigenvalue weighted by molar-refractivity contribution is 4.86. The van der Waals surface area contributed by atoms with Crippen LogP contribution >= 0.6 is 0 Å². The SMILES string of the molecule is CC1CN(CC(N)C2CCOC2)CC(C)(C)O1. The van der Waals surface area contributed by atoms with Crippen LogP contribution in [-0.2, 0) is 9.47 Å². The van der Waals surface area contributed by atoms with Crippen LogP contribution in [0.15, 0.2) is 0 Å². The topological polar surface area (TPSA) is 47.7 Å². The van der Waals surface area contributed by atoms with Crippen LogP contribution in [0.2, 0.25) is 0 Å². The highest BCUT2D eigenvalue weighted by atomic mass is 16.5. The fraction of sp³-hybridized carbons (Fsp3) is 1.00. The van der Waals surface area contributed by atoms with E-state index in [1.807, 2.05) is 0 Å². The second kappa shape index (κ2) is 5.22. The first kappa shape index (κ1) is 13.3. The highest BCUT2D eigenvalue weighted by Gasteiger charge is 2.33. The van der Waals surface area contributed by atoms with Crippen LogP contribution in [0, 0.1) is 5.92 Å². The molecular formula is C13H26N2O2. The van der Waals surface area contributed by atoms with Crippen LogP contribution in [0.4, 0.5) is 0 Å². The molecule has 2 fully saturated rings. The summed E-state index contributed by atoms with van der Waals surface area (Å²) in [4.78, 5) is 2.44. The van der Waals surface area contributed by atoms with Gasteiger partial charge in [-0.1, -0.05) is 0 Å². The summed E-state index contributed by atoms with van der Waals surface area (Å²) in [5, 5.41) is 0. The maximum atomic E-state index is 6.28. The van der Waals surface area contributed by atoms with Crippen molar-refractivity contribution in [1.82, 2.24) is 4.90 Å². The summed E-state index contributed by atoms with van der Waals surface area (Å²) in [5.74, 6) is 0.538. The molecule has 3 atom stereocenters. The first-order valence-corrected chi connectivity index (χ1v) is 6.70. The quantitative estimate of drug-likeness (QED) is 0.797. The lowest BCUT2D eigenvalue weighted by molar-refractivity contribution is -0.130. The molecule has 17 heavy (non-hydrogen) atoms. The van der Waals surface area contributed by atoms with E-state index in [-0.39, 0.29) is 11.6 Å². The van der Waals surface area contributed by atoms with Gasteiger partial charge in [-0.25, -0.2) is 0 Å². The normalized spacial score (nSPS) is 36.0. The zero-order valence-corrected chi connectivity index (χ0v) is 11.3. The van der Waals surface area contributed by atoms with E-state index in [9.17, 15) is 0 Å². The Labute approximate surface area is 104 Å². The van der Waals surface area contributed by atoms with Gasteiger partial charge in [0.05, 0.1) is 18.3 Å². The van der Waals surface area contributed by atoms with Gasteiger partial charge in [0.25, 0.3) is 0 Å². The summed E-state index contributed by atoms with van der Waals surface area (Å²) in [5.41, 5.74) is 6.23. The molecule has 100 valence electrons. The molecule has 2 N–H and O–H groups in total. The molecule has 3 unspecified atom stereocenters. The zero-order chi connectivity index (χ0) is 12.5. The molecule has 4 heteroatoms. The van der Waals surface area contributed by atoms with Gasteiger partial charge in [-0.3, -0.25) is 4.90 Å². The van der Waals surface area contributed by atoms with Gasteiger partial charge >= 0.3 is 0 Å². The van der Waals surface area contributed by atoms with E-state index in [2.05, 4.69) is 25.7 Å². The van der Waals surface area contributed by atoms with E-state index in [0.29, 0.717) is 12.0 Å². The standard InChI is InChI=1S/C13H26N2O2/c1-10-6-15(9-13(2,3)17-10)7-12(14)11-4-5-16-8-11/h10-12H,4-9,14H2,1-3H3. The van der Waals surface area contributed by atoms with Gasteiger partial charge in [-0.15, -0.1) is 0 Å². The van der Waals surface area contributed by atoms with Crippen LogP contribution in [0.25, 0.3) is 0 Å². The number of ether oxygens (including phenoxy) is 2. The van der Waals surface area contributed by atoms with Crippen molar-refractivity contribution in [2.45, 2.75) is 44.9 Å². The Morgan fingerprint density at radius 2 is 2.24 bits per heavy atom. The van der Waals surface area contributed by atoms with Crippen molar-refractivity contribution >= 4 is 0 Å². The number of nitrogens with zero attached hydrogens (tertiary/aromatic N) is 1. The van der Waals surface area contributed by atoms with E-state index in [1.54, 1.807) is 0 Å². The molecule has 0 radical (unpaired) electrons. The lowest BCUT2D eigenvalue weighted by atomic mass is 9.98. The predicted molar refractivity (Wildman–Crippen MR) is 68.0 cm³/mol. The number of hydrogen-bond donors (Lipinski definition) is 1. The van der Waals surface area contributed by atoms with Gasteiger partial charge in [-0.2, -0.15) is 0 Å². The van der Waals surface area contributed by atoms with Crippen LogP contribution in [0.3, 0.4) is 0 Å². The second-order valence-electron chi connectivity index (χ2n) is 6.17. The Balaban J connectivity index is 1.85. The molecule has 2 saturated heterocycles. The van der Waals surface area contributed by atoms with Crippen molar-refractivity contribution in [2.75, 3.05) is 32.8 Å².